The van der Waals surface area contributed by atoms with E-state index in [1.807, 2.05) is 6.07 Å². The summed E-state index contributed by atoms with van der Waals surface area (Å²) in [7, 11) is 0. The summed E-state index contributed by atoms with van der Waals surface area (Å²) < 4.78 is 5.07. The zero-order valence-electron chi connectivity index (χ0n) is 15.4. The summed E-state index contributed by atoms with van der Waals surface area (Å²) in [6.45, 7) is 4.12. The summed E-state index contributed by atoms with van der Waals surface area (Å²) in [5.74, 6) is 0.156. The third kappa shape index (κ3) is 3.21. The Morgan fingerprint density at radius 1 is 1.18 bits per heavy atom. The van der Waals surface area contributed by atoms with Crippen LogP contribution >= 0.6 is 0 Å². The van der Waals surface area contributed by atoms with Crippen LogP contribution in [0.2, 0.25) is 0 Å². The molecular weight excluding hydrogens is 364 g/mol. The molecule has 1 fully saturated rings. The molecule has 3 aromatic rings. The Labute approximate surface area is 159 Å². The number of hydrogen-bond donors (Lipinski definition) is 0. The van der Waals surface area contributed by atoms with Crippen molar-refractivity contribution in [2.75, 3.05) is 13.1 Å². The van der Waals surface area contributed by atoms with Crippen LogP contribution in [0, 0.1) is 13.8 Å². The lowest BCUT2D eigenvalue weighted by Crippen LogP contribution is -2.46. The van der Waals surface area contributed by atoms with Crippen molar-refractivity contribution in [3.05, 3.63) is 41.4 Å². The van der Waals surface area contributed by atoms with E-state index in [0.717, 1.165) is 0 Å². The summed E-state index contributed by atoms with van der Waals surface area (Å²) >= 11 is 0. The monoisotopic (exact) mass is 382 g/mol. The molecule has 3 aromatic heterocycles. The van der Waals surface area contributed by atoms with E-state index in [4.69, 9.17) is 4.52 Å². The highest BCUT2D eigenvalue weighted by molar-refractivity contribution is 5.97. The smallest absolute Gasteiger partial charge is 0.277 e. The van der Waals surface area contributed by atoms with Gasteiger partial charge < -0.3 is 4.52 Å². The summed E-state index contributed by atoms with van der Waals surface area (Å²) in [6.07, 6.45) is 2.31. The zero-order chi connectivity index (χ0) is 19.7. The first-order valence-electron chi connectivity index (χ1n) is 8.79. The van der Waals surface area contributed by atoms with Crippen molar-refractivity contribution in [1.29, 1.82) is 0 Å². The number of pyridine rings is 1. The van der Waals surface area contributed by atoms with Gasteiger partial charge in [-0.05, 0) is 37.6 Å². The fourth-order valence-electron chi connectivity index (χ4n) is 3.11. The number of aryl methyl sites for hydroxylation is 2. The Balaban J connectivity index is 1.49. The molecule has 0 unspecified atom stereocenters. The van der Waals surface area contributed by atoms with Crippen LogP contribution in [-0.2, 0) is 11.3 Å². The zero-order valence-corrected chi connectivity index (χ0v) is 15.4. The first-order valence-corrected chi connectivity index (χ1v) is 8.79. The van der Waals surface area contributed by atoms with Gasteiger partial charge in [0.2, 0.25) is 5.82 Å². The third-order valence-corrected chi connectivity index (χ3v) is 4.42. The highest BCUT2D eigenvalue weighted by Crippen LogP contribution is 2.20. The number of hydrogen-bond acceptors (Lipinski definition) is 8. The predicted octanol–water partition coefficient (Wildman–Crippen LogP) is 0.630. The Morgan fingerprint density at radius 2 is 2.00 bits per heavy atom. The van der Waals surface area contributed by atoms with Crippen LogP contribution in [-0.4, -0.2) is 65.3 Å². The van der Waals surface area contributed by atoms with Crippen molar-refractivity contribution in [3.63, 3.8) is 0 Å². The second-order valence-corrected chi connectivity index (χ2v) is 6.36. The van der Waals surface area contributed by atoms with Crippen LogP contribution in [0.1, 0.15) is 28.2 Å². The van der Waals surface area contributed by atoms with Gasteiger partial charge in [0.15, 0.2) is 0 Å². The van der Waals surface area contributed by atoms with Crippen molar-refractivity contribution >= 4 is 11.8 Å². The summed E-state index contributed by atoms with van der Waals surface area (Å²) in [5.41, 5.74) is 1.45. The van der Waals surface area contributed by atoms with Crippen molar-refractivity contribution < 1.29 is 14.1 Å². The molecule has 4 heterocycles. The average Bonchev–Trinajstić information content (AvgIpc) is 3.42. The minimum Gasteiger partial charge on any atom is -0.361 e. The van der Waals surface area contributed by atoms with Crippen LogP contribution in [0.15, 0.2) is 28.9 Å². The molecule has 0 radical (unpaired) electrons. The third-order valence-electron chi connectivity index (χ3n) is 4.42. The molecular formula is C17H18N8O3. The number of carbonyl (C=O) groups is 2. The molecule has 28 heavy (non-hydrogen) atoms. The molecule has 0 aliphatic carbocycles. The Morgan fingerprint density at radius 3 is 2.71 bits per heavy atom. The predicted molar refractivity (Wildman–Crippen MR) is 94.4 cm³/mol. The van der Waals surface area contributed by atoms with Gasteiger partial charge in [-0.1, -0.05) is 11.2 Å². The fraction of sp³-hybridized carbons (Fsp3) is 0.353. The Kier molecular flexibility index (Phi) is 4.55. The number of hydrazine groups is 1. The van der Waals surface area contributed by atoms with E-state index >= 15 is 0 Å². The number of aromatic nitrogens is 6. The number of nitrogens with zero attached hydrogens (tertiary/aromatic N) is 8. The molecule has 0 spiro atoms. The lowest BCUT2D eigenvalue weighted by Gasteiger charge is -2.27. The number of amides is 2. The maximum atomic E-state index is 12.9. The van der Waals surface area contributed by atoms with Gasteiger partial charge in [0.1, 0.15) is 23.6 Å². The highest BCUT2D eigenvalue weighted by Gasteiger charge is 2.34. The lowest BCUT2D eigenvalue weighted by molar-refractivity contribution is -0.141. The SMILES string of the molecule is Cc1noc(C)c1C(=O)N1CCCN1C(=O)Cn1nnc(-c2ccccn2)n1. The Hall–Kier alpha value is -3.63. The van der Waals surface area contributed by atoms with Crippen molar-refractivity contribution in [3.8, 4) is 11.5 Å². The van der Waals surface area contributed by atoms with Gasteiger partial charge in [-0.3, -0.25) is 14.6 Å². The average molecular weight is 382 g/mol. The minimum atomic E-state index is -0.303. The molecule has 4 rings (SSSR count). The van der Waals surface area contributed by atoms with Gasteiger partial charge >= 0.3 is 0 Å². The van der Waals surface area contributed by atoms with Gasteiger partial charge in [0.25, 0.3) is 11.8 Å². The van der Waals surface area contributed by atoms with E-state index in [1.165, 1.54) is 14.8 Å². The summed E-state index contributed by atoms with van der Waals surface area (Å²) in [5, 5.41) is 18.7. The van der Waals surface area contributed by atoms with E-state index in [9.17, 15) is 9.59 Å². The van der Waals surface area contributed by atoms with Gasteiger partial charge in [0.05, 0.1) is 5.69 Å². The van der Waals surface area contributed by atoms with Gasteiger partial charge in [-0.15, -0.1) is 10.2 Å². The molecule has 144 valence electrons. The quantitative estimate of drug-likeness (QED) is 0.644. The molecule has 1 aliphatic heterocycles. The molecule has 2 amide bonds. The van der Waals surface area contributed by atoms with Crippen LogP contribution in [0.4, 0.5) is 0 Å². The van der Waals surface area contributed by atoms with Gasteiger partial charge in [-0.25, -0.2) is 10.0 Å². The Bertz CT molecular complexity index is 993. The summed E-state index contributed by atoms with van der Waals surface area (Å²) in [6, 6.07) is 5.36. The second-order valence-electron chi connectivity index (χ2n) is 6.36. The molecule has 0 N–H and O–H groups in total. The van der Waals surface area contributed by atoms with Crippen LogP contribution in [0.25, 0.3) is 11.5 Å². The largest absolute Gasteiger partial charge is 0.361 e. The maximum absolute atomic E-state index is 12.9. The molecule has 1 saturated heterocycles. The van der Waals surface area contributed by atoms with Gasteiger partial charge in [-0.2, -0.15) is 4.80 Å². The first-order chi connectivity index (χ1) is 13.5. The summed E-state index contributed by atoms with van der Waals surface area (Å²) in [4.78, 5) is 31.0. The molecule has 1 aliphatic rings. The van der Waals surface area contributed by atoms with E-state index in [0.29, 0.717) is 48.0 Å². The van der Waals surface area contributed by atoms with Crippen LogP contribution < -0.4 is 0 Å². The van der Waals surface area contributed by atoms with Crippen LogP contribution in [0.3, 0.4) is 0 Å². The molecule has 0 aromatic carbocycles. The van der Waals surface area contributed by atoms with Gasteiger partial charge in [0, 0.05) is 19.3 Å². The van der Waals surface area contributed by atoms with Crippen molar-refractivity contribution in [2.45, 2.75) is 26.8 Å². The molecule has 0 atom stereocenters. The molecule has 0 saturated carbocycles. The van der Waals surface area contributed by atoms with Crippen LogP contribution in [0.5, 0.6) is 0 Å². The molecule has 0 bridgehead atoms. The second kappa shape index (κ2) is 7.18. The number of rotatable bonds is 4. The topological polar surface area (TPSA) is 123 Å². The van der Waals surface area contributed by atoms with E-state index in [1.54, 1.807) is 32.2 Å². The molecule has 11 heteroatoms. The minimum absolute atomic E-state index is 0.134. The van der Waals surface area contributed by atoms with Crippen molar-refractivity contribution in [2.24, 2.45) is 0 Å². The van der Waals surface area contributed by atoms with E-state index < -0.39 is 0 Å². The first kappa shape index (κ1) is 17.8. The number of tetrazole rings is 1. The fourth-order valence-corrected chi connectivity index (χ4v) is 3.11. The lowest BCUT2D eigenvalue weighted by atomic mass is 10.2. The maximum Gasteiger partial charge on any atom is 0.277 e. The normalized spacial score (nSPS) is 13.9. The highest BCUT2D eigenvalue weighted by atomic mass is 16.5. The number of carbonyl (C=O) groups excluding carboxylic acids is 2. The standard InChI is InChI=1S/C17H18N8O3/c1-11-15(12(2)28-21-11)17(27)24-9-5-8-23(24)14(26)10-25-20-16(19-22-25)13-6-3-4-7-18-13/h3-4,6-7H,5,8-10H2,1-2H3. The molecule has 11 nitrogen and oxygen atoms in total. The van der Waals surface area contributed by atoms with E-state index in [-0.39, 0.29) is 18.4 Å². The van der Waals surface area contributed by atoms with Crippen molar-refractivity contribution in [1.82, 2.24) is 40.4 Å². The van der Waals surface area contributed by atoms with E-state index in [2.05, 4.69) is 25.6 Å².